The molecule has 1 fully saturated rings. The molecule has 0 aromatic carbocycles. The van der Waals surface area contributed by atoms with Crippen LogP contribution in [-0.2, 0) is 4.74 Å². The molecule has 0 bridgehead atoms. The second-order valence-corrected chi connectivity index (χ2v) is 3.26. The third-order valence-corrected chi connectivity index (χ3v) is 2.13. The molecule has 0 aromatic heterocycles. The number of ether oxygens (including phenoxy) is 1. The summed E-state index contributed by atoms with van der Waals surface area (Å²) < 4.78 is 5.34. The summed E-state index contributed by atoms with van der Waals surface area (Å²) in [5.41, 5.74) is 0. The second kappa shape index (κ2) is 5.33. The van der Waals surface area contributed by atoms with Gasteiger partial charge in [-0.15, -0.1) is 0 Å². The van der Waals surface area contributed by atoms with Gasteiger partial charge in [0.1, 0.15) is 0 Å². The average Bonchev–Trinajstić information content (AvgIpc) is 2.05. The molecule has 2 unspecified atom stereocenters. The van der Waals surface area contributed by atoms with E-state index in [0.717, 1.165) is 32.1 Å². The van der Waals surface area contributed by atoms with E-state index < -0.39 is 6.29 Å². The van der Waals surface area contributed by atoms with Crippen LogP contribution in [0.15, 0.2) is 12.2 Å². The van der Waals surface area contributed by atoms with E-state index >= 15 is 0 Å². The van der Waals surface area contributed by atoms with Gasteiger partial charge in [0, 0.05) is 0 Å². The van der Waals surface area contributed by atoms with Gasteiger partial charge >= 0.3 is 0 Å². The highest BCUT2D eigenvalue weighted by Crippen LogP contribution is 2.19. The maximum absolute atomic E-state index is 9.19. The molecule has 1 N–H and O–H groups in total. The van der Waals surface area contributed by atoms with Crippen LogP contribution < -0.4 is 0 Å². The fourth-order valence-corrected chi connectivity index (χ4v) is 1.47. The zero-order chi connectivity index (χ0) is 8.81. The molecule has 70 valence electrons. The molecule has 1 aliphatic heterocycles. The normalized spacial score (nSPS) is 31.2. The molecule has 0 spiro atoms. The van der Waals surface area contributed by atoms with Gasteiger partial charge < -0.3 is 9.84 Å². The van der Waals surface area contributed by atoms with Crippen LogP contribution in [0, 0.1) is 0 Å². The Labute approximate surface area is 74.2 Å². The van der Waals surface area contributed by atoms with Gasteiger partial charge in [-0.25, -0.2) is 0 Å². The van der Waals surface area contributed by atoms with Crippen molar-refractivity contribution in [1.82, 2.24) is 0 Å². The number of aliphatic hydroxyl groups excluding tert-OH is 1. The van der Waals surface area contributed by atoms with Crippen LogP contribution in [-0.4, -0.2) is 17.5 Å². The van der Waals surface area contributed by atoms with Crippen LogP contribution in [0.25, 0.3) is 0 Å². The highest BCUT2D eigenvalue weighted by molar-refractivity contribution is 4.84. The van der Waals surface area contributed by atoms with Crippen molar-refractivity contribution in [3.63, 3.8) is 0 Å². The lowest BCUT2D eigenvalue weighted by Crippen LogP contribution is -2.26. The molecule has 2 atom stereocenters. The molecular weight excluding hydrogens is 152 g/mol. The first-order valence-corrected chi connectivity index (χ1v) is 4.81. The van der Waals surface area contributed by atoms with Gasteiger partial charge in [-0.2, -0.15) is 0 Å². The highest BCUT2D eigenvalue weighted by Gasteiger charge is 2.18. The summed E-state index contributed by atoms with van der Waals surface area (Å²) >= 11 is 0. The first kappa shape index (κ1) is 9.75. The molecule has 2 nitrogen and oxygen atoms in total. The van der Waals surface area contributed by atoms with Crippen molar-refractivity contribution < 1.29 is 9.84 Å². The predicted octanol–water partition coefficient (Wildman–Crippen LogP) is 2.23. The lowest BCUT2D eigenvalue weighted by molar-refractivity contribution is -0.161. The molecule has 2 heteroatoms. The lowest BCUT2D eigenvalue weighted by atomic mass is 10.1. The first-order chi connectivity index (χ1) is 5.83. The van der Waals surface area contributed by atoms with Gasteiger partial charge in [0.25, 0.3) is 0 Å². The smallest absolute Gasteiger partial charge is 0.154 e. The maximum Gasteiger partial charge on any atom is 0.154 e. The van der Waals surface area contributed by atoms with E-state index in [0.29, 0.717) is 0 Å². The molecule has 0 saturated carbocycles. The van der Waals surface area contributed by atoms with Crippen molar-refractivity contribution in [3.05, 3.63) is 12.2 Å². The molecule has 12 heavy (non-hydrogen) atoms. The van der Waals surface area contributed by atoms with E-state index in [4.69, 9.17) is 4.74 Å². The van der Waals surface area contributed by atoms with Crippen LogP contribution in [0.4, 0.5) is 0 Å². The van der Waals surface area contributed by atoms with E-state index in [2.05, 4.69) is 19.1 Å². The highest BCUT2D eigenvalue weighted by atomic mass is 16.6. The molecule has 0 aromatic rings. The van der Waals surface area contributed by atoms with Crippen LogP contribution >= 0.6 is 0 Å². The van der Waals surface area contributed by atoms with Crippen molar-refractivity contribution in [2.75, 3.05) is 0 Å². The Morgan fingerprint density at radius 2 is 2.25 bits per heavy atom. The molecular formula is C10H18O2. The average molecular weight is 170 g/mol. The minimum absolute atomic E-state index is 0.247. The molecule has 0 radical (unpaired) electrons. The molecule has 1 rings (SSSR count). The standard InChI is InChI=1S/C10H18O2/c1-2-3-4-6-9-7-5-8-10(11)12-9/h3-4,9-11H,2,5-8H2,1H3/b4-3+. The molecule has 0 amide bonds. The monoisotopic (exact) mass is 170 g/mol. The van der Waals surface area contributed by atoms with Gasteiger partial charge in [0.2, 0.25) is 0 Å². The van der Waals surface area contributed by atoms with Crippen LogP contribution in [0.5, 0.6) is 0 Å². The number of allylic oxidation sites excluding steroid dienone is 1. The van der Waals surface area contributed by atoms with E-state index in [-0.39, 0.29) is 6.10 Å². The number of aliphatic hydroxyl groups is 1. The zero-order valence-corrected chi connectivity index (χ0v) is 7.70. The largest absolute Gasteiger partial charge is 0.368 e. The molecule has 0 aliphatic carbocycles. The topological polar surface area (TPSA) is 29.5 Å². The van der Waals surface area contributed by atoms with Crippen LogP contribution in [0.3, 0.4) is 0 Å². The fourth-order valence-electron chi connectivity index (χ4n) is 1.47. The SMILES string of the molecule is CC/C=C/CC1CCCC(O)O1. The van der Waals surface area contributed by atoms with Crippen molar-refractivity contribution >= 4 is 0 Å². The summed E-state index contributed by atoms with van der Waals surface area (Å²) in [5.74, 6) is 0. The van der Waals surface area contributed by atoms with Crippen molar-refractivity contribution in [3.8, 4) is 0 Å². The van der Waals surface area contributed by atoms with E-state index in [1.54, 1.807) is 0 Å². The van der Waals surface area contributed by atoms with Gasteiger partial charge in [0.05, 0.1) is 6.10 Å². The quantitative estimate of drug-likeness (QED) is 0.658. The minimum atomic E-state index is -0.515. The zero-order valence-electron chi connectivity index (χ0n) is 7.70. The molecule has 1 saturated heterocycles. The van der Waals surface area contributed by atoms with Crippen molar-refractivity contribution in [2.24, 2.45) is 0 Å². The summed E-state index contributed by atoms with van der Waals surface area (Å²) in [7, 11) is 0. The van der Waals surface area contributed by atoms with Crippen LogP contribution in [0.1, 0.15) is 39.0 Å². The van der Waals surface area contributed by atoms with Crippen LogP contribution in [0.2, 0.25) is 0 Å². The Hall–Kier alpha value is -0.340. The van der Waals surface area contributed by atoms with Gasteiger partial charge in [-0.1, -0.05) is 19.1 Å². The first-order valence-electron chi connectivity index (χ1n) is 4.81. The third kappa shape index (κ3) is 3.37. The molecule has 1 heterocycles. The Balaban J connectivity index is 2.18. The van der Waals surface area contributed by atoms with Crippen molar-refractivity contribution in [1.29, 1.82) is 0 Å². The minimum Gasteiger partial charge on any atom is -0.368 e. The Morgan fingerprint density at radius 1 is 1.42 bits per heavy atom. The third-order valence-electron chi connectivity index (χ3n) is 2.13. The van der Waals surface area contributed by atoms with E-state index in [9.17, 15) is 5.11 Å². The number of hydrogen-bond acceptors (Lipinski definition) is 2. The fraction of sp³-hybridized carbons (Fsp3) is 0.800. The van der Waals surface area contributed by atoms with E-state index in [1.807, 2.05) is 0 Å². The van der Waals surface area contributed by atoms with Crippen molar-refractivity contribution in [2.45, 2.75) is 51.4 Å². The summed E-state index contributed by atoms with van der Waals surface area (Å²) in [4.78, 5) is 0. The van der Waals surface area contributed by atoms with E-state index in [1.165, 1.54) is 0 Å². The maximum atomic E-state index is 9.19. The Kier molecular flexibility index (Phi) is 4.33. The van der Waals surface area contributed by atoms with Gasteiger partial charge in [-0.3, -0.25) is 0 Å². The second-order valence-electron chi connectivity index (χ2n) is 3.26. The lowest BCUT2D eigenvalue weighted by Gasteiger charge is -2.25. The summed E-state index contributed by atoms with van der Waals surface area (Å²) in [6, 6.07) is 0. The summed E-state index contributed by atoms with van der Waals surface area (Å²) in [6.07, 6.45) is 9.02. The summed E-state index contributed by atoms with van der Waals surface area (Å²) in [6.45, 7) is 2.12. The Bertz CT molecular complexity index is 143. The Morgan fingerprint density at radius 3 is 2.92 bits per heavy atom. The van der Waals surface area contributed by atoms with Gasteiger partial charge in [-0.05, 0) is 32.1 Å². The summed E-state index contributed by atoms with van der Waals surface area (Å²) in [5, 5.41) is 9.19. The predicted molar refractivity (Wildman–Crippen MR) is 48.8 cm³/mol. The number of rotatable bonds is 3. The number of hydrogen-bond donors (Lipinski definition) is 1. The van der Waals surface area contributed by atoms with Gasteiger partial charge in [0.15, 0.2) is 6.29 Å². The molecule has 1 aliphatic rings.